The van der Waals surface area contributed by atoms with Crippen molar-refractivity contribution < 1.29 is 13.3 Å². The lowest BCUT2D eigenvalue weighted by atomic mass is 10.0. The fourth-order valence-electron chi connectivity index (χ4n) is 2.09. The van der Waals surface area contributed by atoms with E-state index in [2.05, 4.69) is 21.1 Å². The van der Waals surface area contributed by atoms with Gasteiger partial charge in [-0.15, -0.1) is 0 Å². The van der Waals surface area contributed by atoms with Crippen LogP contribution in [-0.4, -0.2) is 5.16 Å². The summed E-state index contributed by atoms with van der Waals surface area (Å²) in [4.78, 5) is 0. The Morgan fingerprint density at radius 1 is 1.00 bits per heavy atom. The minimum absolute atomic E-state index is 0.0232. The topological polar surface area (TPSA) is 52.0 Å². The highest BCUT2D eigenvalue weighted by molar-refractivity contribution is 9.10. The number of anilines is 1. The van der Waals surface area contributed by atoms with Crippen molar-refractivity contribution in [2.24, 2.45) is 0 Å². The second-order valence-corrected chi connectivity index (χ2v) is 5.21. The second-order valence-electron chi connectivity index (χ2n) is 4.35. The Morgan fingerprint density at radius 3 is 2.48 bits per heavy atom. The van der Waals surface area contributed by atoms with Gasteiger partial charge in [-0.2, -0.15) is 0 Å². The molecule has 0 unspecified atom stereocenters. The summed E-state index contributed by atoms with van der Waals surface area (Å²) >= 11 is 3.40. The Kier molecular flexibility index (Phi) is 3.47. The maximum Gasteiger partial charge on any atom is 0.180 e. The van der Waals surface area contributed by atoms with Crippen LogP contribution in [0.15, 0.2) is 51.5 Å². The third-order valence-corrected chi connectivity index (χ3v) is 3.75. The molecule has 3 nitrogen and oxygen atoms in total. The number of aromatic nitrogens is 1. The van der Waals surface area contributed by atoms with Crippen LogP contribution >= 0.6 is 15.9 Å². The van der Waals surface area contributed by atoms with Crippen LogP contribution in [0.2, 0.25) is 0 Å². The number of hydrogen-bond acceptors (Lipinski definition) is 3. The van der Waals surface area contributed by atoms with Gasteiger partial charge in [0.15, 0.2) is 23.2 Å². The highest BCUT2D eigenvalue weighted by Gasteiger charge is 2.22. The first-order valence-corrected chi connectivity index (χ1v) is 6.83. The molecule has 21 heavy (non-hydrogen) atoms. The van der Waals surface area contributed by atoms with Gasteiger partial charge in [0.05, 0.1) is 11.1 Å². The molecule has 2 N–H and O–H groups in total. The van der Waals surface area contributed by atoms with Gasteiger partial charge in [0.2, 0.25) is 0 Å². The number of nitrogens with two attached hydrogens (primary N) is 1. The molecule has 106 valence electrons. The average molecular weight is 351 g/mol. The largest absolute Gasteiger partial charge is 0.380 e. The van der Waals surface area contributed by atoms with Crippen LogP contribution in [0.1, 0.15) is 0 Å². The van der Waals surface area contributed by atoms with Crippen molar-refractivity contribution >= 4 is 21.7 Å². The van der Waals surface area contributed by atoms with Gasteiger partial charge >= 0.3 is 0 Å². The van der Waals surface area contributed by atoms with Crippen LogP contribution in [0.25, 0.3) is 22.5 Å². The van der Waals surface area contributed by atoms with Gasteiger partial charge in [-0.1, -0.05) is 45.4 Å². The van der Waals surface area contributed by atoms with Crippen LogP contribution in [0.3, 0.4) is 0 Å². The van der Waals surface area contributed by atoms with Crippen LogP contribution < -0.4 is 5.73 Å². The summed E-state index contributed by atoms with van der Waals surface area (Å²) in [5.74, 6) is -1.75. The van der Waals surface area contributed by atoms with E-state index < -0.39 is 11.6 Å². The van der Waals surface area contributed by atoms with E-state index in [0.29, 0.717) is 11.1 Å². The van der Waals surface area contributed by atoms with E-state index in [1.165, 1.54) is 12.1 Å². The Balaban J connectivity index is 2.28. The third-order valence-electron chi connectivity index (χ3n) is 3.06. The van der Waals surface area contributed by atoms with Gasteiger partial charge in [0.1, 0.15) is 0 Å². The number of halogens is 3. The summed E-state index contributed by atoms with van der Waals surface area (Å²) in [5, 5.41) is 3.67. The third kappa shape index (κ3) is 2.31. The molecule has 0 radical (unpaired) electrons. The Bertz CT molecular complexity index is 817. The minimum Gasteiger partial charge on any atom is -0.380 e. The number of rotatable bonds is 2. The standard InChI is InChI=1S/C15H9BrF2N2O/c16-10-6-2-1-4-8(10)12-14(21-20-15(12)19)9-5-3-7-11(17)13(9)18/h1-7H,(H2,19,20). The molecule has 0 aliphatic carbocycles. The minimum atomic E-state index is -0.998. The Hall–Kier alpha value is -2.21. The molecule has 0 fully saturated rings. The summed E-state index contributed by atoms with van der Waals surface area (Å²) in [7, 11) is 0. The SMILES string of the molecule is Nc1noc(-c2cccc(F)c2F)c1-c1ccccc1Br. The first kappa shape index (κ1) is 13.8. The summed E-state index contributed by atoms with van der Waals surface area (Å²) in [6.07, 6.45) is 0. The maximum atomic E-state index is 14.0. The average Bonchev–Trinajstić information content (AvgIpc) is 2.84. The highest BCUT2D eigenvalue weighted by Crippen LogP contribution is 2.40. The molecule has 3 rings (SSSR count). The van der Waals surface area contributed by atoms with Crippen molar-refractivity contribution in [3.05, 3.63) is 58.6 Å². The normalized spacial score (nSPS) is 10.8. The zero-order chi connectivity index (χ0) is 15.0. The van der Waals surface area contributed by atoms with Crippen molar-refractivity contribution in [1.29, 1.82) is 0 Å². The van der Waals surface area contributed by atoms with E-state index in [1.807, 2.05) is 12.1 Å². The molecular formula is C15H9BrF2N2O. The number of hydrogen-bond donors (Lipinski definition) is 1. The lowest BCUT2D eigenvalue weighted by molar-refractivity contribution is 0.430. The van der Waals surface area contributed by atoms with Crippen LogP contribution in [0.5, 0.6) is 0 Å². The Morgan fingerprint density at radius 2 is 1.71 bits per heavy atom. The summed E-state index contributed by atoms with van der Waals surface area (Å²) in [5.41, 5.74) is 6.92. The first-order valence-electron chi connectivity index (χ1n) is 6.04. The summed E-state index contributed by atoms with van der Waals surface area (Å²) in [6.45, 7) is 0. The zero-order valence-electron chi connectivity index (χ0n) is 10.6. The smallest absolute Gasteiger partial charge is 0.180 e. The molecule has 0 saturated carbocycles. The van der Waals surface area contributed by atoms with Crippen LogP contribution in [0, 0.1) is 11.6 Å². The molecular weight excluding hydrogens is 342 g/mol. The molecule has 0 amide bonds. The van der Waals surface area contributed by atoms with Gasteiger partial charge in [0.25, 0.3) is 0 Å². The molecule has 0 aliphatic rings. The van der Waals surface area contributed by atoms with Crippen molar-refractivity contribution in [2.45, 2.75) is 0 Å². The van der Waals surface area contributed by atoms with E-state index in [-0.39, 0.29) is 17.1 Å². The Labute approximate surface area is 127 Å². The van der Waals surface area contributed by atoms with Crippen molar-refractivity contribution in [3.63, 3.8) is 0 Å². The molecule has 0 saturated heterocycles. The number of benzene rings is 2. The maximum absolute atomic E-state index is 14.0. The molecule has 0 atom stereocenters. The zero-order valence-corrected chi connectivity index (χ0v) is 12.2. The quantitative estimate of drug-likeness (QED) is 0.732. The van der Waals surface area contributed by atoms with E-state index in [0.717, 1.165) is 10.5 Å². The predicted molar refractivity (Wildman–Crippen MR) is 79.4 cm³/mol. The van der Waals surface area contributed by atoms with Crippen LogP contribution in [0.4, 0.5) is 14.6 Å². The molecule has 0 bridgehead atoms. The summed E-state index contributed by atoms with van der Waals surface area (Å²) in [6, 6.07) is 11.1. The van der Waals surface area contributed by atoms with E-state index in [9.17, 15) is 8.78 Å². The molecule has 6 heteroatoms. The lowest BCUT2D eigenvalue weighted by Gasteiger charge is -2.06. The van der Waals surface area contributed by atoms with Gasteiger partial charge < -0.3 is 10.3 Å². The monoisotopic (exact) mass is 350 g/mol. The molecule has 0 spiro atoms. The molecule has 1 aromatic heterocycles. The van der Waals surface area contributed by atoms with Gasteiger partial charge in [-0.05, 0) is 18.2 Å². The fraction of sp³-hybridized carbons (Fsp3) is 0. The van der Waals surface area contributed by atoms with Crippen LogP contribution in [-0.2, 0) is 0 Å². The molecule has 1 heterocycles. The molecule has 2 aromatic carbocycles. The van der Waals surface area contributed by atoms with E-state index >= 15 is 0 Å². The van der Waals surface area contributed by atoms with Gasteiger partial charge in [-0.3, -0.25) is 0 Å². The molecule has 3 aromatic rings. The lowest BCUT2D eigenvalue weighted by Crippen LogP contribution is -1.92. The highest BCUT2D eigenvalue weighted by atomic mass is 79.9. The number of nitrogen functional groups attached to an aromatic ring is 1. The summed E-state index contributed by atoms with van der Waals surface area (Å²) < 4.78 is 33.3. The van der Waals surface area contributed by atoms with E-state index in [1.54, 1.807) is 12.1 Å². The number of nitrogens with zero attached hydrogens (tertiary/aromatic N) is 1. The molecule has 0 aliphatic heterocycles. The fourth-order valence-corrected chi connectivity index (χ4v) is 2.57. The van der Waals surface area contributed by atoms with E-state index in [4.69, 9.17) is 10.3 Å². The second kappa shape index (κ2) is 5.29. The van der Waals surface area contributed by atoms with Gasteiger partial charge in [0, 0.05) is 10.0 Å². The first-order chi connectivity index (χ1) is 10.1. The predicted octanol–water partition coefficient (Wildman–Crippen LogP) is 4.63. The van der Waals surface area contributed by atoms with Gasteiger partial charge in [-0.25, -0.2) is 8.78 Å². The van der Waals surface area contributed by atoms with Crippen molar-refractivity contribution in [1.82, 2.24) is 5.16 Å². The van der Waals surface area contributed by atoms with Crippen molar-refractivity contribution in [2.75, 3.05) is 5.73 Å². The van der Waals surface area contributed by atoms with Crippen molar-refractivity contribution in [3.8, 4) is 22.5 Å².